The molecule has 1 aliphatic carbocycles. The molecule has 0 unspecified atom stereocenters. The fourth-order valence-corrected chi connectivity index (χ4v) is 2.78. The number of amides is 1. The lowest BCUT2D eigenvalue weighted by atomic mass is 9.98. The molecule has 110 valence electrons. The molecule has 0 radical (unpaired) electrons. The van der Waals surface area contributed by atoms with Crippen molar-refractivity contribution in [2.45, 2.75) is 5.92 Å². The van der Waals surface area contributed by atoms with E-state index in [-0.39, 0.29) is 19.2 Å². The van der Waals surface area contributed by atoms with Gasteiger partial charge in [0.25, 0.3) is 0 Å². The summed E-state index contributed by atoms with van der Waals surface area (Å²) in [7, 11) is 0. The molecule has 0 saturated heterocycles. The molecule has 1 N–H and O–H groups in total. The second-order valence-corrected chi connectivity index (χ2v) is 4.89. The van der Waals surface area contributed by atoms with E-state index >= 15 is 0 Å². The van der Waals surface area contributed by atoms with Crippen LogP contribution in [0, 0.1) is 0 Å². The summed E-state index contributed by atoms with van der Waals surface area (Å²) in [4.78, 5) is 14.1. The Labute approximate surface area is 127 Å². The summed E-state index contributed by atoms with van der Waals surface area (Å²) in [6.45, 7) is 0.128. The molecule has 0 aromatic heterocycles. The van der Waals surface area contributed by atoms with Crippen LogP contribution in [0.1, 0.15) is 17.0 Å². The normalized spacial score (nSPS) is 12.0. The van der Waals surface area contributed by atoms with Gasteiger partial charge in [-0.05, 0) is 27.8 Å². The van der Waals surface area contributed by atoms with Crippen molar-refractivity contribution >= 4 is 6.09 Å². The number of hydrogen-bond donors (Lipinski definition) is 1. The number of nitrogens with zero attached hydrogens (tertiary/aromatic N) is 3. The Hall–Kier alpha value is -2.98. The lowest BCUT2D eigenvalue weighted by Crippen LogP contribution is -2.25. The van der Waals surface area contributed by atoms with Crippen LogP contribution in [0.5, 0.6) is 0 Å². The first-order valence-electron chi connectivity index (χ1n) is 6.91. The smallest absolute Gasteiger partial charge is 0.407 e. The standard InChI is InChI=1S/C16H14N4O2/c17-20-19-10-18-16(21)22-9-15-13-7-3-1-5-11(13)12-6-2-4-8-14(12)15/h1-8,15H,9-10H2,(H,18,21). The average Bonchev–Trinajstić information content (AvgIpc) is 2.87. The lowest BCUT2D eigenvalue weighted by Gasteiger charge is -2.14. The van der Waals surface area contributed by atoms with Crippen molar-refractivity contribution in [2.24, 2.45) is 5.11 Å². The number of ether oxygens (including phenoxy) is 1. The Morgan fingerprint density at radius 2 is 1.73 bits per heavy atom. The van der Waals surface area contributed by atoms with Gasteiger partial charge in [-0.2, -0.15) is 0 Å². The fourth-order valence-electron chi connectivity index (χ4n) is 2.78. The third-order valence-corrected chi connectivity index (χ3v) is 3.70. The SMILES string of the molecule is [N-]=[N+]=NCNC(=O)OCC1c2ccccc2-c2ccccc21. The molecular weight excluding hydrogens is 280 g/mol. The zero-order valence-corrected chi connectivity index (χ0v) is 11.8. The first kappa shape index (κ1) is 14.0. The van der Waals surface area contributed by atoms with Crippen LogP contribution in [0.25, 0.3) is 21.6 Å². The zero-order valence-electron chi connectivity index (χ0n) is 11.8. The first-order chi connectivity index (χ1) is 10.8. The van der Waals surface area contributed by atoms with Crippen molar-refractivity contribution in [3.63, 3.8) is 0 Å². The number of nitrogens with one attached hydrogen (secondary N) is 1. The van der Waals surface area contributed by atoms with Gasteiger partial charge in [-0.15, -0.1) is 0 Å². The molecule has 2 aromatic rings. The highest BCUT2D eigenvalue weighted by atomic mass is 16.5. The highest BCUT2D eigenvalue weighted by Crippen LogP contribution is 2.44. The molecule has 0 saturated carbocycles. The molecule has 0 heterocycles. The van der Waals surface area contributed by atoms with Crippen molar-refractivity contribution in [1.82, 2.24) is 5.32 Å². The van der Waals surface area contributed by atoms with E-state index in [2.05, 4.69) is 39.6 Å². The van der Waals surface area contributed by atoms with Gasteiger partial charge in [-0.25, -0.2) is 4.79 Å². The van der Waals surface area contributed by atoms with Gasteiger partial charge in [0.05, 0.1) is 6.67 Å². The number of carbonyl (C=O) groups excluding carboxylic acids is 1. The van der Waals surface area contributed by atoms with E-state index in [1.54, 1.807) is 0 Å². The third kappa shape index (κ3) is 2.60. The van der Waals surface area contributed by atoms with E-state index in [1.807, 2.05) is 24.3 Å². The van der Waals surface area contributed by atoms with Crippen LogP contribution in [-0.2, 0) is 4.74 Å². The number of rotatable bonds is 4. The molecule has 0 atom stereocenters. The summed E-state index contributed by atoms with van der Waals surface area (Å²) < 4.78 is 5.25. The predicted octanol–water partition coefficient (Wildman–Crippen LogP) is 3.79. The molecule has 0 bridgehead atoms. The van der Waals surface area contributed by atoms with Gasteiger partial charge in [-0.1, -0.05) is 53.6 Å². The van der Waals surface area contributed by atoms with Gasteiger partial charge in [0, 0.05) is 10.8 Å². The van der Waals surface area contributed by atoms with E-state index in [9.17, 15) is 4.79 Å². The number of benzene rings is 2. The topological polar surface area (TPSA) is 87.1 Å². The maximum absolute atomic E-state index is 11.6. The van der Waals surface area contributed by atoms with Crippen LogP contribution in [0.3, 0.4) is 0 Å². The van der Waals surface area contributed by atoms with Gasteiger partial charge in [0.1, 0.15) is 6.61 Å². The van der Waals surface area contributed by atoms with E-state index in [0.29, 0.717) is 0 Å². The van der Waals surface area contributed by atoms with E-state index in [0.717, 1.165) is 11.1 Å². The molecule has 6 nitrogen and oxygen atoms in total. The van der Waals surface area contributed by atoms with Crippen molar-refractivity contribution in [3.05, 3.63) is 70.1 Å². The molecular formula is C16H14N4O2. The van der Waals surface area contributed by atoms with Gasteiger partial charge < -0.3 is 10.1 Å². The Bertz CT molecular complexity index is 708. The van der Waals surface area contributed by atoms with Crippen LogP contribution in [-0.4, -0.2) is 19.4 Å². The molecule has 2 aromatic carbocycles. The molecule has 1 aliphatic rings. The average molecular weight is 294 g/mol. The van der Waals surface area contributed by atoms with Gasteiger partial charge in [0.15, 0.2) is 0 Å². The summed E-state index contributed by atoms with van der Waals surface area (Å²) in [6.07, 6.45) is -0.589. The molecule has 1 amide bonds. The van der Waals surface area contributed by atoms with E-state index in [4.69, 9.17) is 10.3 Å². The largest absolute Gasteiger partial charge is 0.449 e. The van der Waals surface area contributed by atoms with E-state index in [1.165, 1.54) is 11.1 Å². The minimum atomic E-state index is -0.589. The number of hydrogen-bond acceptors (Lipinski definition) is 3. The second-order valence-electron chi connectivity index (χ2n) is 4.89. The van der Waals surface area contributed by atoms with Gasteiger partial charge in [0.2, 0.25) is 0 Å². The van der Waals surface area contributed by atoms with Gasteiger partial charge in [-0.3, -0.25) is 0 Å². The van der Waals surface area contributed by atoms with Crippen molar-refractivity contribution < 1.29 is 9.53 Å². The molecule has 0 fully saturated rings. The van der Waals surface area contributed by atoms with Crippen LogP contribution >= 0.6 is 0 Å². The molecule has 0 aliphatic heterocycles. The Morgan fingerprint density at radius 3 is 2.32 bits per heavy atom. The van der Waals surface area contributed by atoms with Crippen molar-refractivity contribution in [2.75, 3.05) is 13.3 Å². The maximum atomic E-state index is 11.6. The zero-order chi connectivity index (χ0) is 15.4. The molecule has 3 rings (SSSR count). The van der Waals surface area contributed by atoms with Crippen LogP contribution < -0.4 is 5.32 Å². The summed E-state index contributed by atoms with van der Waals surface area (Å²) >= 11 is 0. The summed E-state index contributed by atoms with van der Waals surface area (Å²) in [5.74, 6) is 0.0256. The third-order valence-electron chi connectivity index (χ3n) is 3.70. The monoisotopic (exact) mass is 294 g/mol. The number of alkyl carbamates (subject to hydrolysis) is 1. The highest BCUT2D eigenvalue weighted by Gasteiger charge is 2.28. The first-order valence-corrected chi connectivity index (χ1v) is 6.91. The fraction of sp³-hybridized carbons (Fsp3) is 0.188. The van der Waals surface area contributed by atoms with Crippen LogP contribution in [0.15, 0.2) is 53.6 Å². The van der Waals surface area contributed by atoms with Gasteiger partial charge >= 0.3 is 6.09 Å². The second kappa shape index (κ2) is 6.20. The Balaban J connectivity index is 1.76. The minimum absolute atomic E-state index is 0.0256. The summed E-state index contributed by atoms with van der Waals surface area (Å²) in [6, 6.07) is 16.3. The molecule has 0 spiro atoms. The highest BCUT2D eigenvalue weighted by molar-refractivity contribution is 5.79. The van der Waals surface area contributed by atoms with Crippen LogP contribution in [0.4, 0.5) is 4.79 Å². The molecule has 6 heteroatoms. The lowest BCUT2D eigenvalue weighted by molar-refractivity contribution is 0.143. The van der Waals surface area contributed by atoms with Crippen molar-refractivity contribution in [1.29, 1.82) is 0 Å². The van der Waals surface area contributed by atoms with Crippen LogP contribution in [0.2, 0.25) is 0 Å². The number of azide groups is 1. The van der Waals surface area contributed by atoms with Crippen molar-refractivity contribution in [3.8, 4) is 11.1 Å². The predicted molar refractivity (Wildman–Crippen MR) is 82.2 cm³/mol. The maximum Gasteiger partial charge on any atom is 0.407 e. The quantitative estimate of drug-likeness (QED) is 0.528. The minimum Gasteiger partial charge on any atom is -0.449 e. The Kier molecular flexibility index (Phi) is 3.94. The summed E-state index contributed by atoms with van der Waals surface area (Å²) in [5.41, 5.74) is 12.8. The Morgan fingerprint density at radius 1 is 1.14 bits per heavy atom. The number of carbonyl (C=O) groups is 1. The summed E-state index contributed by atoms with van der Waals surface area (Å²) in [5, 5.41) is 5.61. The molecule has 22 heavy (non-hydrogen) atoms. The number of fused-ring (bicyclic) bond motifs is 3. The van der Waals surface area contributed by atoms with E-state index < -0.39 is 6.09 Å².